The predicted molar refractivity (Wildman–Crippen MR) is 220 cm³/mol. The van der Waals surface area contributed by atoms with Crippen molar-refractivity contribution in [3.05, 3.63) is 107 Å². The summed E-state index contributed by atoms with van der Waals surface area (Å²) >= 11 is 0. The van der Waals surface area contributed by atoms with E-state index < -0.39 is 72.1 Å². The second-order valence-corrected chi connectivity index (χ2v) is 15.5. The zero-order valence-corrected chi connectivity index (χ0v) is 34.0. The molecule has 1 aliphatic heterocycles. The zero-order chi connectivity index (χ0) is 42.5. The van der Waals surface area contributed by atoms with Crippen LogP contribution in [0.3, 0.4) is 0 Å². The third kappa shape index (κ3) is 11.8. The van der Waals surface area contributed by atoms with Gasteiger partial charge in [0, 0.05) is 18.5 Å². The van der Waals surface area contributed by atoms with E-state index in [0.29, 0.717) is 17.5 Å². The molecule has 0 spiro atoms. The van der Waals surface area contributed by atoms with Crippen LogP contribution < -0.4 is 27.0 Å². The van der Waals surface area contributed by atoms with Crippen LogP contribution in [-0.2, 0) is 40.1 Å². The van der Waals surface area contributed by atoms with E-state index in [0.717, 1.165) is 48.8 Å². The fourth-order valence-electron chi connectivity index (χ4n) is 7.85. The molecule has 1 saturated carbocycles. The van der Waals surface area contributed by atoms with Crippen molar-refractivity contribution in [2.75, 3.05) is 13.1 Å². The number of nitrogens with two attached hydrogens (primary N) is 1. The van der Waals surface area contributed by atoms with Crippen LogP contribution >= 0.6 is 0 Å². The lowest BCUT2D eigenvalue weighted by atomic mass is 9.83. The molecule has 3 unspecified atom stereocenters. The van der Waals surface area contributed by atoms with Gasteiger partial charge in [-0.3, -0.25) is 33.6 Å². The van der Waals surface area contributed by atoms with Crippen molar-refractivity contribution in [1.29, 1.82) is 0 Å². The van der Waals surface area contributed by atoms with Gasteiger partial charge in [0.15, 0.2) is 0 Å². The molecule has 14 nitrogen and oxygen atoms in total. The topological polar surface area (TPSA) is 206 Å². The molecule has 0 radical (unpaired) electrons. The van der Waals surface area contributed by atoms with E-state index in [1.165, 1.54) is 4.90 Å². The summed E-state index contributed by atoms with van der Waals surface area (Å²) in [6, 6.07) is 18.9. The number of rotatable bonds is 18. The Morgan fingerprint density at radius 3 is 2.17 bits per heavy atom. The molecular weight excluding hydrogens is 753 g/mol. The lowest BCUT2D eigenvalue weighted by molar-refractivity contribution is -0.143. The van der Waals surface area contributed by atoms with Crippen molar-refractivity contribution in [3.8, 4) is 0 Å². The van der Waals surface area contributed by atoms with E-state index >= 15 is 0 Å². The smallest absolute Gasteiger partial charge is 0.290 e. The van der Waals surface area contributed by atoms with Gasteiger partial charge in [-0.1, -0.05) is 105 Å². The van der Waals surface area contributed by atoms with Crippen molar-refractivity contribution in [2.45, 2.75) is 109 Å². The number of nitrogens with one attached hydrogen (secondary N) is 4. The minimum absolute atomic E-state index is 0.0730. The van der Waals surface area contributed by atoms with Gasteiger partial charge in [0.25, 0.3) is 11.8 Å². The van der Waals surface area contributed by atoms with Crippen molar-refractivity contribution in [3.63, 3.8) is 0 Å². The monoisotopic (exact) mass is 808 g/mol. The number of amides is 6. The first kappa shape index (κ1) is 44.2. The van der Waals surface area contributed by atoms with Gasteiger partial charge in [-0.25, -0.2) is 0 Å². The Bertz CT molecular complexity index is 1970. The first-order chi connectivity index (χ1) is 28.4. The highest BCUT2D eigenvalue weighted by Gasteiger charge is 2.45. The van der Waals surface area contributed by atoms with E-state index in [1.54, 1.807) is 49.4 Å². The van der Waals surface area contributed by atoms with Gasteiger partial charge in [-0.05, 0) is 67.3 Å². The highest BCUT2D eigenvalue weighted by atomic mass is 16.5. The van der Waals surface area contributed by atoms with Crippen molar-refractivity contribution in [1.82, 2.24) is 26.2 Å². The number of ketones is 1. The molecule has 6 amide bonds. The number of aryl methyl sites for hydroxylation is 1. The molecule has 0 aromatic heterocycles. The summed E-state index contributed by atoms with van der Waals surface area (Å²) in [6.07, 6.45) is 4.41. The lowest BCUT2D eigenvalue weighted by Crippen LogP contribution is -2.58. The Balaban J connectivity index is 1.32. The normalized spacial score (nSPS) is 18.2. The highest BCUT2D eigenvalue weighted by Crippen LogP contribution is 2.31. The molecular formula is C45H56N6O8. The molecule has 1 aliphatic carbocycles. The lowest BCUT2D eigenvalue weighted by Gasteiger charge is -2.35. The molecule has 3 aromatic rings. The second kappa shape index (κ2) is 21.2. The van der Waals surface area contributed by atoms with Gasteiger partial charge < -0.3 is 36.6 Å². The highest BCUT2D eigenvalue weighted by molar-refractivity contribution is 6.38. The maximum absolute atomic E-state index is 14.8. The summed E-state index contributed by atoms with van der Waals surface area (Å²) < 4.78 is 6.26. The largest absolute Gasteiger partial charge is 0.372 e. The summed E-state index contributed by atoms with van der Waals surface area (Å²) in [7, 11) is 0. The van der Waals surface area contributed by atoms with Crippen LogP contribution in [0.15, 0.2) is 78.9 Å². The number of carbonyl (C=O) groups excluding carboxylic acids is 7. The van der Waals surface area contributed by atoms with Gasteiger partial charge in [-0.2, -0.15) is 0 Å². The molecule has 5 rings (SSSR count). The fourth-order valence-corrected chi connectivity index (χ4v) is 7.85. The van der Waals surface area contributed by atoms with Gasteiger partial charge in [0.1, 0.15) is 18.1 Å². The number of carbonyl (C=O) groups is 7. The zero-order valence-electron chi connectivity index (χ0n) is 34.0. The molecule has 5 atom stereocenters. The SMILES string of the molecule is CCCC(NC(=O)[C@@H]1C[C@@H](OCc2ccccc2)CN1C(=O)C(NC(=O)c1cccc(C)c1C)C1CCCCC1)C(=O)C(=O)NCC(=O)NC(C(N)=O)c1ccccc1. The summed E-state index contributed by atoms with van der Waals surface area (Å²) in [5, 5.41) is 10.5. The van der Waals surface area contributed by atoms with Crippen LogP contribution in [0.25, 0.3) is 0 Å². The molecule has 3 aromatic carbocycles. The van der Waals surface area contributed by atoms with Crippen LogP contribution in [0.1, 0.15) is 96.9 Å². The first-order valence-electron chi connectivity index (χ1n) is 20.5. The molecule has 6 N–H and O–H groups in total. The van der Waals surface area contributed by atoms with Crippen molar-refractivity contribution in [2.24, 2.45) is 11.7 Å². The first-order valence-corrected chi connectivity index (χ1v) is 20.5. The van der Waals surface area contributed by atoms with E-state index in [4.69, 9.17) is 10.5 Å². The van der Waals surface area contributed by atoms with Gasteiger partial charge in [0.2, 0.25) is 29.4 Å². The average molecular weight is 809 g/mol. The maximum atomic E-state index is 14.8. The number of hydrogen-bond acceptors (Lipinski definition) is 8. The van der Waals surface area contributed by atoms with Crippen LogP contribution in [0.5, 0.6) is 0 Å². The average Bonchev–Trinajstić information content (AvgIpc) is 3.69. The second-order valence-electron chi connectivity index (χ2n) is 15.5. The quantitative estimate of drug-likeness (QED) is 0.120. The molecule has 314 valence electrons. The van der Waals surface area contributed by atoms with E-state index in [1.807, 2.05) is 50.2 Å². The third-order valence-corrected chi connectivity index (χ3v) is 11.3. The third-order valence-electron chi connectivity index (χ3n) is 11.3. The van der Waals surface area contributed by atoms with Crippen molar-refractivity contribution < 1.29 is 38.3 Å². The number of likely N-dealkylation sites (tertiary alicyclic amines) is 1. The van der Waals surface area contributed by atoms with Crippen LogP contribution in [-0.4, -0.2) is 83.4 Å². The van der Waals surface area contributed by atoms with Crippen LogP contribution in [0.2, 0.25) is 0 Å². The number of ether oxygens (including phenoxy) is 1. The molecule has 59 heavy (non-hydrogen) atoms. The van der Waals surface area contributed by atoms with E-state index in [2.05, 4.69) is 21.3 Å². The van der Waals surface area contributed by atoms with Crippen LogP contribution in [0.4, 0.5) is 0 Å². The van der Waals surface area contributed by atoms with Gasteiger partial charge >= 0.3 is 0 Å². The molecule has 1 saturated heterocycles. The molecule has 2 fully saturated rings. The fraction of sp³-hybridized carbons (Fsp3) is 0.444. The van der Waals surface area contributed by atoms with Gasteiger partial charge in [0.05, 0.1) is 25.3 Å². The number of nitrogens with zero attached hydrogens (tertiary/aromatic N) is 1. The van der Waals surface area contributed by atoms with Gasteiger partial charge in [-0.15, -0.1) is 0 Å². The Kier molecular flexibility index (Phi) is 15.9. The number of primary amides is 1. The van der Waals surface area contributed by atoms with Crippen molar-refractivity contribution >= 4 is 41.2 Å². The van der Waals surface area contributed by atoms with Crippen LogP contribution in [0, 0.1) is 19.8 Å². The standard InChI is InChI=1S/C45H56N6O8/c1-4-15-35(40(53)44(57)47-25-37(52)49-38(41(46)54)31-19-10-6-11-20-31)48-43(56)36-24-33(59-27-30-17-8-5-9-18-30)26-51(36)45(58)39(32-21-12-7-13-22-32)50-42(55)34-23-14-16-28(2)29(34)3/h5-6,8-11,14,16-20,23,32-33,35-36,38-39H,4,7,12-13,15,21-22,24-27H2,1-3H3,(H2,46,54)(H,47,57)(H,48,56)(H,49,52)(H,50,55)/t33-,35?,36+,38?,39?/m1/s1. The molecule has 14 heteroatoms. The summed E-state index contributed by atoms with van der Waals surface area (Å²) in [5.74, 6) is -5.22. The number of benzene rings is 3. The summed E-state index contributed by atoms with van der Waals surface area (Å²) in [4.78, 5) is 95.8. The summed E-state index contributed by atoms with van der Waals surface area (Å²) in [6.45, 7) is 5.26. The molecule has 2 aliphatic rings. The van der Waals surface area contributed by atoms with E-state index in [-0.39, 0.29) is 37.8 Å². The Labute approximate surface area is 345 Å². The van der Waals surface area contributed by atoms with E-state index in [9.17, 15) is 33.6 Å². The number of Topliss-reactive ketones (excluding diaryl/α,β-unsaturated/α-hetero) is 1. The summed E-state index contributed by atoms with van der Waals surface area (Å²) in [5.41, 5.74) is 9.09. The molecule has 1 heterocycles. The number of hydrogen-bond donors (Lipinski definition) is 5. The maximum Gasteiger partial charge on any atom is 0.290 e. The Morgan fingerprint density at radius 2 is 1.51 bits per heavy atom. The Morgan fingerprint density at radius 1 is 0.831 bits per heavy atom. The minimum Gasteiger partial charge on any atom is -0.372 e. The molecule has 0 bridgehead atoms. The minimum atomic E-state index is -1.27. The Hall–Kier alpha value is -5.89. The predicted octanol–water partition coefficient (Wildman–Crippen LogP) is 3.48.